The van der Waals surface area contributed by atoms with Gasteiger partial charge in [0.05, 0.1) is 6.10 Å². The van der Waals surface area contributed by atoms with E-state index >= 15 is 0 Å². The van der Waals surface area contributed by atoms with Crippen LogP contribution in [0.4, 0.5) is 5.69 Å². The second kappa shape index (κ2) is 5.89. The molecule has 3 heteroatoms. The van der Waals surface area contributed by atoms with Crippen LogP contribution in [0, 0.1) is 0 Å². The van der Waals surface area contributed by atoms with E-state index in [1.807, 2.05) is 42.5 Å². The van der Waals surface area contributed by atoms with Crippen LogP contribution < -0.4 is 5.73 Å². The van der Waals surface area contributed by atoms with Gasteiger partial charge in [-0.1, -0.05) is 41.9 Å². The number of aliphatic hydroxyl groups excluding tert-OH is 1. The largest absolute Gasteiger partial charge is 0.398 e. The number of hydrogen-bond donors (Lipinski definition) is 2. The lowest BCUT2D eigenvalue weighted by atomic mass is 10.0. The number of para-hydroxylation sites is 1. The lowest BCUT2D eigenvalue weighted by molar-refractivity contribution is 0.168. The Morgan fingerprint density at radius 3 is 2.39 bits per heavy atom. The molecule has 18 heavy (non-hydrogen) atoms. The second-order valence-corrected chi connectivity index (χ2v) is 4.75. The number of anilines is 1. The summed E-state index contributed by atoms with van der Waals surface area (Å²) >= 11 is 5.83. The fraction of sp³-hybridized carbons (Fsp3) is 0.200. The molecule has 2 rings (SSSR count). The molecular formula is C15H16ClNO. The third-order valence-corrected chi connectivity index (χ3v) is 3.23. The van der Waals surface area contributed by atoms with Gasteiger partial charge in [0, 0.05) is 16.3 Å². The van der Waals surface area contributed by atoms with Crippen molar-refractivity contribution in [1.82, 2.24) is 0 Å². The molecule has 2 aromatic rings. The van der Waals surface area contributed by atoms with Crippen LogP contribution in [0.2, 0.25) is 5.02 Å². The van der Waals surface area contributed by atoms with E-state index in [2.05, 4.69) is 0 Å². The van der Waals surface area contributed by atoms with Gasteiger partial charge >= 0.3 is 0 Å². The Balaban J connectivity index is 1.98. The van der Waals surface area contributed by atoms with Gasteiger partial charge < -0.3 is 10.8 Å². The van der Waals surface area contributed by atoms with Gasteiger partial charge in [-0.3, -0.25) is 0 Å². The first-order chi connectivity index (χ1) is 8.66. The van der Waals surface area contributed by atoms with Gasteiger partial charge in [0.2, 0.25) is 0 Å². The van der Waals surface area contributed by atoms with Gasteiger partial charge in [-0.15, -0.1) is 0 Å². The topological polar surface area (TPSA) is 46.2 Å². The summed E-state index contributed by atoms with van der Waals surface area (Å²) in [6, 6.07) is 15.1. The first-order valence-corrected chi connectivity index (χ1v) is 6.31. The highest BCUT2D eigenvalue weighted by atomic mass is 35.5. The van der Waals surface area contributed by atoms with Crippen molar-refractivity contribution in [2.24, 2.45) is 0 Å². The van der Waals surface area contributed by atoms with Crippen molar-refractivity contribution in [3.8, 4) is 0 Å². The van der Waals surface area contributed by atoms with Gasteiger partial charge in [0.25, 0.3) is 0 Å². The Morgan fingerprint density at radius 1 is 1.06 bits per heavy atom. The molecule has 0 aliphatic heterocycles. The molecule has 0 radical (unpaired) electrons. The predicted octanol–water partition coefficient (Wildman–Crippen LogP) is 3.59. The summed E-state index contributed by atoms with van der Waals surface area (Å²) in [6.45, 7) is 0. The van der Waals surface area contributed by atoms with Crippen molar-refractivity contribution in [1.29, 1.82) is 0 Å². The number of aryl methyl sites for hydroxylation is 1. The van der Waals surface area contributed by atoms with Gasteiger partial charge in [-0.05, 0) is 36.6 Å². The molecule has 0 saturated carbocycles. The highest BCUT2D eigenvalue weighted by Crippen LogP contribution is 2.24. The molecule has 3 N–H and O–H groups in total. The summed E-state index contributed by atoms with van der Waals surface area (Å²) < 4.78 is 0. The van der Waals surface area contributed by atoms with E-state index in [1.54, 1.807) is 6.07 Å². The van der Waals surface area contributed by atoms with Gasteiger partial charge in [0.15, 0.2) is 0 Å². The zero-order valence-corrected chi connectivity index (χ0v) is 10.8. The number of nitrogen functional groups attached to an aromatic ring is 1. The van der Waals surface area contributed by atoms with E-state index in [4.69, 9.17) is 17.3 Å². The fourth-order valence-corrected chi connectivity index (χ4v) is 2.05. The summed E-state index contributed by atoms with van der Waals surface area (Å²) in [6.07, 6.45) is 0.921. The minimum absolute atomic E-state index is 0.526. The normalized spacial score (nSPS) is 12.3. The molecule has 0 spiro atoms. The molecule has 0 aliphatic rings. The Labute approximate surface area is 112 Å². The molecule has 2 aromatic carbocycles. The standard InChI is InChI=1S/C15H16ClNO/c16-12-8-5-11(6-9-12)7-10-15(18)13-3-1-2-4-14(13)17/h1-6,8-9,15,18H,7,10,17H2. The van der Waals surface area contributed by atoms with Crippen molar-refractivity contribution in [2.45, 2.75) is 18.9 Å². The number of benzene rings is 2. The summed E-state index contributed by atoms with van der Waals surface area (Å²) in [5.41, 5.74) is 8.43. The fourth-order valence-electron chi connectivity index (χ4n) is 1.92. The maximum Gasteiger partial charge on any atom is 0.0813 e. The summed E-state index contributed by atoms with van der Waals surface area (Å²) in [5, 5.41) is 10.8. The molecule has 0 aromatic heterocycles. The van der Waals surface area contributed by atoms with Crippen LogP contribution in [-0.4, -0.2) is 5.11 Å². The molecule has 0 amide bonds. The molecule has 0 saturated heterocycles. The van der Waals surface area contributed by atoms with Gasteiger partial charge in [-0.25, -0.2) is 0 Å². The maximum atomic E-state index is 10.1. The lowest BCUT2D eigenvalue weighted by Gasteiger charge is -2.13. The number of aliphatic hydroxyl groups is 1. The second-order valence-electron chi connectivity index (χ2n) is 4.31. The SMILES string of the molecule is Nc1ccccc1C(O)CCc1ccc(Cl)cc1. The first-order valence-electron chi connectivity index (χ1n) is 5.94. The predicted molar refractivity (Wildman–Crippen MR) is 75.6 cm³/mol. The molecule has 0 heterocycles. The number of rotatable bonds is 4. The highest BCUT2D eigenvalue weighted by molar-refractivity contribution is 6.30. The van der Waals surface area contributed by atoms with Crippen LogP contribution in [0.15, 0.2) is 48.5 Å². The zero-order valence-electron chi connectivity index (χ0n) is 10.0. The molecule has 0 aliphatic carbocycles. The van der Waals surface area contributed by atoms with Crippen molar-refractivity contribution in [3.63, 3.8) is 0 Å². The molecule has 0 bridgehead atoms. The van der Waals surface area contributed by atoms with Gasteiger partial charge in [0.1, 0.15) is 0 Å². The highest BCUT2D eigenvalue weighted by Gasteiger charge is 2.10. The summed E-state index contributed by atoms with van der Waals surface area (Å²) in [5.74, 6) is 0. The van der Waals surface area contributed by atoms with E-state index in [0.29, 0.717) is 12.1 Å². The van der Waals surface area contributed by atoms with E-state index in [-0.39, 0.29) is 0 Å². The summed E-state index contributed by atoms with van der Waals surface area (Å²) in [7, 11) is 0. The lowest BCUT2D eigenvalue weighted by Crippen LogP contribution is -2.03. The maximum absolute atomic E-state index is 10.1. The molecule has 2 nitrogen and oxygen atoms in total. The average Bonchev–Trinajstić information content (AvgIpc) is 2.38. The van der Waals surface area contributed by atoms with Crippen LogP contribution in [0.5, 0.6) is 0 Å². The van der Waals surface area contributed by atoms with Crippen LogP contribution in [-0.2, 0) is 6.42 Å². The van der Waals surface area contributed by atoms with Crippen LogP contribution in [0.25, 0.3) is 0 Å². The van der Waals surface area contributed by atoms with Crippen molar-refractivity contribution >= 4 is 17.3 Å². The minimum Gasteiger partial charge on any atom is -0.398 e. The van der Waals surface area contributed by atoms with Crippen molar-refractivity contribution < 1.29 is 5.11 Å². The third kappa shape index (κ3) is 3.25. The van der Waals surface area contributed by atoms with E-state index in [0.717, 1.165) is 22.6 Å². The van der Waals surface area contributed by atoms with E-state index in [9.17, 15) is 5.11 Å². The molecule has 94 valence electrons. The molecule has 1 atom stereocenters. The van der Waals surface area contributed by atoms with Crippen molar-refractivity contribution in [2.75, 3.05) is 5.73 Å². The molecular weight excluding hydrogens is 246 g/mol. The Hall–Kier alpha value is -1.51. The zero-order chi connectivity index (χ0) is 13.0. The Kier molecular flexibility index (Phi) is 4.24. The van der Waals surface area contributed by atoms with Gasteiger partial charge in [-0.2, -0.15) is 0 Å². The van der Waals surface area contributed by atoms with Crippen molar-refractivity contribution in [3.05, 3.63) is 64.7 Å². The number of nitrogens with two attached hydrogens (primary N) is 1. The van der Waals surface area contributed by atoms with Crippen LogP contribution in [0.1, 0.15) is 23.7 Å². The Bertz CT molecular complexity index is 510. The molecule has 0 fully saturated rings. The molecule has 1 unspecified atom stereocenters. The number of halogens is 1. The third-order valence-electron chi connectivity index (χ3n) is 2.97. The quantitative estimate of drug-likeness (QED) is 0.827. The summed E-state index contributed by atoms with van der Waals surface area (Å²) in [4.78, 5) is 0. The smallest absolute Gasteiger partial charge is 0.0813 e. The van der Waals surface area contributed by atoms with E-state index in [1.165, 1.54) is 0 Å². The van der Waals surface area contributed by atoms with E-state index < -0.39 is 6.10 Å². The minimum atomic E-state index is -0.526. The van der Waals surface area contributed by atoms with Crippen LogP contribution in [0.3, 0.4) is 0 Å². The average molecular weight is 262 g/mol. The first kappa shape index (κ1) is 12.9. The number of hydrogen-bond acceptors (Lipinski definition) is 2. The van der Waals surface area contributed by atoms with Crippen LogP contribution >= 0.6 is 11.6 Å². The Morgan fingerprint density at radius 2 is 1.72 bits per heavy atom. The monoisotopic (exact) mass is 261 g/mol.